The molecule has 7 aromatic rings. The van der Waals surface area contributed by atoms with Crippen molar-refractivity contribution in [3.63, 3.8) is 0 Å². The molecule has 2 aromatic heterocycles. The summed E-state index contributed by atoms with van der Waals surface area (Å²) in [7, 11) is 0. The Morgan fingerprint density at radius 2 is 0.672 bits per heavy atom. The van der Waals surface area contributed by atoms with Crippen LogP contribution in [0.5, 0.6) is 0 Å². The van der Waals surface area contributed by atoms with Gasteiger partial charge >= 0.3 is 18.5 Å². The largest absolute Gasteiger partial charge is 0.416 e. The summed E-state index contributed by atoms with van der Waals surface area (Å²) < 4.78 is 123. The van der Waals surface area contributed by atoms with Gasteiger partial charge < -0.3 is 0 Å². The number of aromatic nitrogens is 4. The van der Waals surface area contributed by atoms with E-state index in [2.05, 4.69) is 9.69 Å². The van der Waals surface area contributed by atoms with Gasteiger partial charge in [0.2, 0.25) is 0 Å². The summed E-state index contributed by atoms with van der Waals surface area (Å²) in [6, 6.07) is 21.1. The zero-order chi connectivity index (χ0) is 44.0. The monoisotopic (exact) mass is 830 g/mol. The highest BCUT2D eigenvalue weighted by Gasteiger charge is 2.33. The van der Waals surface area contributed by atoms with Gasteiger partial charge in [-0.05, 0) is 43.3 Å². The summed E-state index contributed by atoms with van der Waals surface area (Å²) in [6.45, 7) is 17.7. The summed E-state index contributed by atoms with van der Waals surface area (Å²) >= 11 is 0. The van der Waals surface area contributed by atoms with Gasteiger partial charge in [0.15, 0.2) is 0 Å². The number of fused-ring (bicyclic) bond motifs is 2. The number of aryl methyl sites for hydroxylation is 1. The number of rotatable bonds is 4. The Kier molecular flexibility index (Phi) is 10.2. The maximum Gasteiger partial charge on any atom is 0.416 e. The van der Waals surface area contributed by atoms with Gasteiger partial charge in [-0.3, -0.25) is 0 Å². The SMILES string of the molecule is [C-]#[N+]/C(C#N)=c1\c2nc(-c3ccc(C)cc3)c(-c3ccc(C(F)(F)F)cc3)nc2/c(=C(/C#N)[N+]#[C-])c2nc(-c3ccc(C(F)(F)F)cc3)c(-c3ccc(C(F)(F)F)cc3)nc12. The summed E-state index contributed by atoms with van der Waals surface area (Å²) in [6.07, 6.45) is -14.2. The summed E-state index contributed by atoms with van der Waals surface area (Å²) in [5.41, 5.74) is -5.10. The Hall–Kier alpha value is -8.15. The Balaban J connectivity index is 1.74. The molecule has 5 aromatic carbocycles. The van der Waals surface area contributed by atoms with Gasteiger partial charge in [0, 0.05) is 32.7 Å². The molecular formula is C44H19F9N8. The topological polar surface area (TPSA) is 108 Å². The number of nitriles is 2. The third-order valence-electron chi connectivity index (χ3n) is 9.43. The molecule has 0 unspecified atom stereocenters. The van der Waals surface area contributed by atoms with E-state index in [1.165, 1.54) is 0 Å². The average molecular weight is 831 g/mol. The molecule has 0 bridgehead atoms. The number of halogens is 9. The number of benzene rings is 5. The van der Waals surface area contributed by atoms with Crippen molar-refractivity contribution in [2.75, 3.05) is 0 Å². The normalized spacial score (nSPS) is 12.9. The van der Waals surface area contributed by atoms with Crippen LogP contribution in [0.15, 0.2) is 97.1 Å². The smallest absolute Gasteiger partial charge is 0.244 e. The molecule has 0 atom stereocenters. The Morgan fingerprint density at radius 1 is 0.443 bits per heavy atom. The van der Waals surface area contributed by atoms with E-state index in [9.17, 15) is 50.0 Å². The van der Waals surface area contributed by atoms with E-state index in [1.54, 1.807) is 43.3 Å². The van der Waals surface area contributed by atoms with Crippen LogP contribution in [-0.4, -0.2) is 19.9 Å². The van der Waals surface area contributed by atoms with Crippen LogP contribution in [0.2, 0.25) is 0 Å². The quantitative estimate of drug-likeness (QED) is 0.0993. The fraction of sp³-hybridized carbons (Fsp3) is 0.0909. The molecule has 0 aliphatic rings. The third kappa shape index (κ3) is 7.64. The maximum atomic E-state index is 13.6. The predicted octanol–water partition coefficient (Wildman–Crippen LogP) is 10.7. The zero-order valence-corrected chi connectivity index (χ0v) is 30.7. The highest BCUT2D eigenvalue weighted by molar-refractivity contribution is 6.02. The minimum atomic E-state index is -4.76. The Morgan fingerprint density at radius 3 is 0.869 bits per heavy atom. The molecule has 61 heavy (non-hydrogen) atoms. The van der Waals surface area contributed by atoms with Crippen molar-refractivity contribution in [1.82, 2.24) is 19.9 Å². The first kappa shape index (κ1) is 41.0. The fourth-order valence-electron chi connectivity index (χ4n) is 6.48. The molecule has 2 heterocycles. The van der Waals surface area contributed by atoms with E-state index in [-0.39, 0.29) is 72.0 Å². The van der Waals surface area contributed by atoms with Crippen LogP contribution >= 0.6 is 0 Å². The van der Waals surface area contributed by atoms with Crippen LogP contribution in [0, 0.1) is 42.7 Å². The summed E-state index contributed by atoms with van der Waals surface area (Å²) in [5.74, 6) is 0. The van der Waals surface area contributed by atoms with Gasteiger partial charge in [0.1, 0.15) is 0 Å². The number of hydrogen-bond acceptors (Lipinski definition) is 6. The van der Waals surface area contributed by atoms with Crippen molar-refractivity contribution >= 4 is 33.5 Å². The van der Waals surface area contributed by atoms with Gasteiger partial charge in [0.25, 0.3) is 11.4 Å². The van der Waals surface area contributed by atoms with Gasteiger partial charge in [-0.25, -0.2) is 40.1 Å². The molecule has 8 nitrogen and oxygen atoms in total. The minimum Gasteiger partial charge on any atom is -0.244 e. The molecule has 0 aliphatic carbocycles. The van der Waals surface area contributed by atoms with E-state index in [4.69, 9.17) is 33.1 Å². The number of hydrogen-bond donors (Lipinski definition) is 0. The molecule has 0 N–H and O–H groups in total. The van der Waals surface area contributed by atoms with Crippen LogP contribution < -0.4 is 10.4 Å². The molecule has 298 valence electrons. The van der Waals surface area contributed by atoms with E-state index < -0.39 is 46.6 Å². The van der Waals surface area contributed by atoms with Crippen molar-refractivity contribution in [1.29, 1.82) is 10.5 Å². The van der Waals surface area contributed by atoms with Crippen molar-refractivity contribution in [3.8, 4) is 57.2 Å². The number of nitrogens with zero attached hydrogens (tertiary/aromatic N) is 8. The Bertz CT molecular complexity index is 3190. The molecule has 0 amide bonds. The van der Waals surface area contributed by atoms with Gasteiger partial charge in [-0.1, -0.05) is 66.2 Å². The first-order chi connectivity index (χ1) is 28.9. The highest BCUT2D eigenvalue weighted by Crippen LogP contribution is 2.38. The molecular weight excluding hydrogens is 812 g/mol. The van der Waals surface area contributed by atoms with E-state index >= 15 is 0 Å². The molecule has 7 rings (SSSR count). The highest BCUT2D eigenvalue weighted by atomic mass is 19.4. The first-order valence-electron chi connectivity index (χ1n) is 17.4. The predicted molar refractivity (Wildman–Crippen MR) is 205 cm³/mol. The van der Waals surface area contributed by atoms with Crippen LogP contribution in [0.1, 0.15) is 22.3 Å². The first-order valence-corrected chi connectivity index (χ1v) is 17.4. The lowest BCUT2D eigenvalue weighted by atomic mass is 9.99. The lowest BCUT2D eigenvalue weighted by molar-refractivity contribution is -0.138. The number of alkyl halides is 9. The second-order valence-electron chi connectivity index (χ2n) is 13.2. The minimum absolute atomic E-state index is 0.0275. The van der Waals surface area contributed by atoms with Crippen LogP contribution in [0.4, 0.5) is 39.5 Å². The molecule has 0 radical (unpaired) electrons. The molecule has 0 saturated heterocycles. The van der Waals surface area contributed by atoms with Gasteiger partial charge in [0.05, 0.1) is 86.8 Å². The third-order valence-corrected chi connectivity index (χ3v) is 9.43. The molecule has 0 spiro atoms. The van der Waals surface area contributed by atoms with Crippen LogP contribution in [0.25, 0.3) is 88.2 Å². The van der Waals surface area contributed by atoms with E-state index in [1.807, 2.05) is 0 Å². The van der Waals surface area contributed by atoms with Gasteiger partial charge in [-0.2, -0.15) is 39.5 Å². The molecule has 0 aliphatic heterocycles. The van der Waals surface area contributed by atoms with Crippen molar-refractivity contribution in [3.05, 3.63) is 153 Å². The van der Waals surface area contributed by atoms with Crippen molar-refractivity contribution in [2.24, 2.45) is 0 Å². The summed E-state index contributed by atoms with van der Waals surface area (Å²) in [4.78, 5) is 25.8. The van der Waals surface area contributed by atoms with E-state index in [0.29, 0.717) is 5.56 Å². The Labute approximate surface area is 338 Å². The maximum absolute atomic E-state index is 13.6. The molecule has 0 fully saturated rings. The lowest BCUT2D eigenvalue weighted by Gasteiger charge is -2.16. The molecule has 0 saturated carbocycles. The zero-order valence-electron chi connectivity index (χ0n) is 30.7. The molecule has 17 heteroatoms. The standard InChI is InChI=1S/C44H19F9N8/c1-22-4-6-23(7-5-22)34-35(24-8-14-27(15-9-24)42(45,46)47)59-39-33(31(21-55)57-3)41-40(32(38(39)58-34)30(20-54)56-2)60-36(25-10-16-28(17-11-25)43(48,49)50)37(61-41)26-12-18-29(19-13-26)44(51,52)53/h4-19H,1H3/b32-30+,33-31+. The van der Waals surface area contributed by atoms with Crippen molar-refractivity contribution in [2.45, 2.75) is 25.5 Å². The lowest BCUT2D eigenvalue weighted by Crippen LogP contribution is -2.23. The fourth-order valence-corrected chi connectivity index (χ4v) is 6.48. The second kappa shape index (κ2) is 15.2. The second-order valence-corrected chi connectivity index (χ2v) is 13.2. The van der Waals surface area contributed by atoms with E-state index in [0.717, 1.165) is 78.4 Å². The average Bonchev–Trinajstić information content (AvgIpc) is 3.23. The summed E-state index contributed by atoms with van der Waals surface area (Å²) in [5, 5.41) is 20.0. The van der Waals surface area contributed by atoms with Crippen LogP contribution in [-0.2, 0) is 18.5 Å². The van der Waals surface area contributed by atoms with Crippen molar-refractivity contribution < 1.29 is 39.5 Å². The van der Waals surface area contributed by atoms with Gasteiger partial charge in [-0.15, -0.1) is 0 Å². The van der Waals surface area contributed by atoms with Crippen LogP contribution in [0.3, 0.4) is 0 Å².